The van der Waals surface area contributed by atoms with Gasteiger partial charge < -0.3 is 61.3 Å². The van der Waals surface area contributed by atoms with Crippen molar-refractivity contribution in [2.45, 2.75) is 170 Å². The number of imidazole rings is 1. The second-order valence-corrected chi connectivity index (χ2v) is 30.7. The Morgan fingerprint density at radius 3 is 2.04 bits per heavy atom. The van der Waals surface area contributed by atoms with E-state index in [-0.39, 0.29) is 101 Å². The molecule has 2 radical (unpaired) electrons. The molecule has 5 aliphatic rings. The van der Waals surface area contributed by atoms with Crippen LogP contribution in [-0.2, 0) is 113 Å². The summed E-state index contributed by atoms with van der Waals surface area (Å²) >= 11 is 2.06. The van der Waals surface area contributed by atoms with E-state index in [0.717, 1.165) is 53.0 Å². The molecular formula is C83H103CoIrN11O4PdPtS-2. The van der Waals surface area contributed by atoms with Crippen molar-refractivity contribution in [2.24, 2.45) is 39.6 Å². The van der Waals surface area contributed by atoms with Crippen LogP contribution >= 0.6 is 11.8 Å². The molecule has 5 heterocycles. The maximum absolute atomic E-state index is 10.1. The minimum atomic E-state index is -0.990. The number of fused-ring (bicyclic) bond motifs is 3. The molecule has 4 aromatic carbocycles. The topological polar surface area (TPSA) is 216 Å². The molecule has 3 aromatic heterocycles. The zero-order chi connectivity index (χ0) is 71.1. The Labute approximate surface area is 670 Å². The first-order chi connectivity index (χ1) is 47.4. The number of thioether (sulfide) groups is 1. The van der Waals surface area contributed by atoms with Gasteiger partial charge in [0, 0.05) is 105 Å². The van der Waals surface area contributed by atoms with Crippen molar-refractivity contribution in [3.63, 3.8) is 0 Å². The van der Waals surface area contributed by atoms with E-state index in [4.69, 9.17) is 20.0 Å². The summed E-state index contributed by atoms with van der Waals surface area (Å²) in [5, 5.41) is 44.7. The molecule has 0 amide bonds. The second kappa shape index (κ2) is 42.5. The van der Waals surface area contributed by atoms with Gasteiger partial charge in [-0.1, -0.05) is 154 Å². The summed E-state index contributed by atoms with van der Waals surface area (Å²) in [5.41, 5.74) is 13.0. The third kappa shape index (κ3) is 26.0. The van der Waals surface area contributed by atoms with Gasteiger partial charge in [0.25, 0.3) is 0 Å². The normalized spacial score (nSPS) is 18.2. The van der Waals surface area contributed by atoms with Crippen molar-refractivity contribution in [2.75, 3.05) is 47.3 Å². The van der Waals surface area contributed by atoms with E-state index in [0.29, 0.717) is 47.7 Å². The number of aromatic nitrogens is 4. The summed E-state index contributed by atoms with van der Waals surface area (Å²) < 4.78 is 13.8. The minimum Gasteiger partial charge on any atom is -0.810 e. The van der Waals surface area contributed by atoms with E-state index >= 15 is 0 Å². The number of aromatic carboxylic acids is 1. The SMILES string of the molecule is CC(C(C=[N-])=CNc1[c-]cc2c(c1)-c1ccccc1C2(C)C)C1(C)COCCO1.CC1(CC(C=[N-])=CNc2[c-]cccc2)CCCC1.CC1(Cc2ccc(N[C-]=NC(=N)C(C)(C)C)nc2)CCSCC1.CCC1(Cc2cnc(-c3[c-]cccc3)n2C)CCCC1.O=C(O)c1ccccn1.[Co].[Ir].[Pd+2].[Pt+2]. The first-order valence-electron chi connectivity index (χ1n) is 35.1. The Morgan fingerprint density at radius 2 is 1.46 bits per heavy atom. The number of aliphatic imine (C=N–C) groups is 1. The number of nitrogens with one attached hydrogen (secondary N) is 4. The summed E-state index contributed by atoms with van der Waals surface area (Å²) in [6.45, 7) is 23.2. The maximum Gasteiger partial charge on any atom is 2.00 e. The first-order valence-corrected chi connectivity index (χ1v) is 36.2. The molecule has 560 valence electrons. The third-order valence-corrected chi connectivity index (χ3v) is 21.3. The molecule has 2 saturated heterocycles. The van der Waals surface area contributed by atoms with Gasteiger partial charge >= 0.3 is 47.5 Å². The summed E-state index contributed by atoms with van der Waals surface area (Å²) in [7, 11) is 2.14. The molecule has 5 N–H and O–H groups in total. The van der Waals surface area contributed by atoms with Gasteiger partial charge in [0.2, 0.25) is 0 Å². The average Bonchev–Trinajstić information content (AvgIpc) is 1.59. The maximum atomic E-state index is 10.1. The van der Waals surface area contributed by atoms with Crippen LogP contribution in [0.25, 0.3) is 33.3 Å². The minimum absolute atomic E-state index is 0. The quantitative estimate of drug-likeness (QED) is 0.0169. The molecule has 2 saturated carbocycles. The largest absolute Gasteiger partial charge is 2.00 e. The van der Waals surface area contributed by atoms with Crippen LogP contribution in [0.3, 0.4) is 0 Å². The van der Waals surface area contributed by atoms with Gasteiger partial charge in [-0.05, 0) is 138 Å². The number of pyridine rings is 2. The summed E-state index contributed by atoms with van der Waals surface area (Å²) in [6, 6.07) is 47.2. The van der Waals surface area contributed by atoms with Crippen molar-refractivity contribution >= 4 is 59.5 Å². The van der Waals surface area contributed by atoms with E-state index in [9.17, 15) is 15.6 Å². The average molecular weight is 1900 g/mol. The third-order valence-electron chi connectivity index (χ3n) is 20.4. The number of carboxylic acids is 1. The smallest absolute Gasteiger partial charge is 0.810 e. The van der Waals surface area contributed by atoms with Crippen molar-refractivity contribution in [1.82, 2.24) is 19.5 Å². The Bertz CT molecular complexity index is 3850. The number of hydrogen-bond donors (Lipinski definition) is 5. The molecule has 0 spiro atoms. The number of ether oxygens (including phenoxy) is 2. The number of carbonyl (C=O) groups is 1. The zero-order valence-corrected chi connectivity index (χ0v) is 69.6. The molecule has 15 nitrogen and oxygen atoms in total. The molecule has 2 unspecified atom stereocenters. The number of allylic oxidation sites excluding steroid dienone is 1. The van der Waals surface area contributed by atoms with E-state index in [1.54, 1.807) is 12.1 Å². The Balaban J connectivity index is 0.000000279. The van der Waals surface area contributed by atoms with Gasteiger partial charge in [-0.25, -0.2) is 9.78 Å². The van der Waals surface area contributed by atoms with Crippen LogP contribution < -0.4 is 16.0 Å². The fourth-order valence-corrected chi connectivity index (χ4v) is 15.1. The van der Waals surface area contributed by atoms with E-state index < -0.39 is 11.6 Å². The van der Waals surface area contributed by atoms with E-state index in [1.165, 1.54) is 141 Å². The van der Waals surface area contributed by atoms with Crippen LogP contribution in [0.15, 0.2) is 162 Å². The first kappa shape index (κ1) is 89.6. The fraction of sp³-hybridized carbons (Fsp3) is 0.446. The molecule has 3 aliphatic carbocycles. The second-order valence-electron chi connectivity index (χ2n) is 29.4. The molecule has 2 aliphatic heterocycles. The summed E-state index contributed by atoms with van der Waals surface area (Å²) in [6.07, 6.45) is 32.0. The van der Waals surface area contributed by atoms with Crippen molar-refractivity contribution in [3.05, 3.63) is 214 Å². The predicted octanol–water partition coefficient (Wildman–Crippen LogP) is 19.2. The number of nitrogens with zero attached hydrogens (tertiary/aromatic N) is 7. The Hall–Kier alpha value is -5.80. The number of anilines is 3. The monoisotopic (exact) mass is 1900 g/mol. The zero-order valence-electron chi connectivity index (χ0n) is 61.5. The van der Waals surface area contributed by atoms with E-state index in [2.05, 4.69) is 173 Å². The molecule has 7 aromatic rings. The van der Waals surface area contributed by atoms with Crippen LogP contribution in [0.5, 0.6) is 0 Å². The van der Waals surface area contributed by atoms with E-state index in [1.807, 2.05) is 102 Å². The standard InChI is InChI=1S/C25H28N2O2.C18H27N4S.C18H23N2.C16H20N2.C6H5NO2.Co.Ir.Pd.Pt/c1-17(25(4)16-28-11-12-29-25)18(14-26)15-27-19-9-10-23-21(13-19)20-7-5-6-8-22(20)24(23,2)3;1-17(2,3)16(19)22-13-21-15-6-5-14(12-20-15)11-18(4)7-9-23-10-8-18;1-3-18(11-7-8-12-18)13-16-14-19-17(20(16)2)15-9-5-4-6-10-15;1-16(9-5-6-10-16)11-14(12-17)13-18-15-7-3-2-4-8-15;8-6(9)5-3-1-2-4-7-5;;;;/h5-8,10,13-15,17,27H,11-12,16H2,1-4H3;5-6,12H,7-11H2,1-4H3,(H2,19,20,21,22);4-6,9,14H,3,7-8,11-13H2,1-2H3;2-4,7,12-13,18H,5-6,9-11H2,1H3;1-4H,(H,8,9);;;;/q-2;2*-1;-2;;;;2*+2. The molecule has 0 bridgehead atoms. The number of amidine groups is 1. The molecule has 2 atom stereocenters. The molecule has 12 rings (SSSR count). The number of carboxylic acid groups (broad SMARTS) is 1. The van der Waals surface area contributed by atoms with Gasteiger partial charge in [0.05, 0.1) is 31.2 Å². The van der Waals surface area contributed by atoms with Gasteiger partial charge in [0.15, 0.2) is 0 Å². The Kier molecular flexibility index (Phi) is 37.0. The van der Waals surface area contributed by atoms with Gasteiger partial charge in [-0.3, -0.25) is 4.98 Å². The predicted molar refractivity (Wildman–Crippen MR) is 410 cm³/mol. The van der Waals surface area contributed by atoms with Gasteiger partial charge in [-0.15, -0.1) is 59.2 Å². The Morgan fingerprint density at radius 1 is 0.786 bits per heavy atom. The summed E-state index contributed by atoms with van der Waals surface area (Å²) in [4.78, 5) is 26.8. The van der Waals surface area contributed by atoms with Crippen molar-refractivity contribution in [3.8, 4) is 22.5 Å². The van der Waals surface area contributed by atoms with Crippen molar-refractivity contribution in [1.29, 1.82) is 5.41 Å². The van der Waals surface area contributed by atoms with Crippen LogP contribution in [0.2, 0.25) is 0 Å². The summed E-state index contributed by atoms with van der Waals surface area (Å²) in [5.74, 6) is 3.56. The number of para-hydroxylation sites is 1. The molecule has 103 heavy (non-hydrogen) atoms. The van der Waals surface area contributed by atoms with Gasteiger partial charge in [0.1, 0.15) is 5.69 Å². The fourth-order valence-electron chi connectivity index (χ4n) is 13.6. The molecule has 4 fully saturated rings. The number of hydrogen-bond acceptors (Lipinski definition) is 10. The van der Waals surface area contributed by atoms with Crippen LogP contribution in [-0.4, -0.2) is 92.1 Å². The number of benzene rings is 4. The van der Waals surface area contributed by atoms with Crippen LogP contribution in [0.4, 0.5) is 17.2 Å². The molecular weight excluding hydrogens is 1800 g/mol. The van der Waals surface area contributed by atoms with Crippen LogP contribution in [0.1, 0.15) is 179 Å². The number of rotatable bonds is 19. The van der Waals surface area contributed by atoms with Crippen molar-refractivity contribution < 1.29 is 97.7 Å². The van der Waals surface area contributed by atoms with Gasteiger partial charge in [-0.2, -0.15) is 60.6 Å². The molecule has 20 heteroatoms. The van der Waals surface area contributed by atoms with Crippen LogP contribution in [0, 0.1) is 51.2 Å².